The topological polar surface area (TPSA) is 51.0 Å². The summed E-state index contributed by atoms with van der Waals surface area (Å²) in [5, 5.41) is 12.0. The molecule has 0 aliphatic heterocycles. The predicted molar refractivity (Wildman–Crippen MR) is 77.0 cm³/mol. The number of unbranched alkanes of at least 4 members (excludes halogenated alkanes) is 2. The SMILES string of the molecule is CCCCCOc1c(Cl)cc(C=NO)cc1OCC. The molecule has 1 aromatic carbocycles. The van der Waals surface area contributed by atoms with Gasteiger partial charge in [0.1, 0.15) is 0 Å². The van der Waals surface area contributed by atoms with E-state index in [-0.39, 0.29) is 0 Å². The van der Waals surface area contributed by atoms with E-state index in [0.717, 1.165) is 19.3 Å². The Morgan fingerprint density at radius 2 is 2.05 bits per heavy atom. The molecule has 106 valence electrons. The van der Waals surface area contributed by atoms with E-state index in [1.54, 1.807) is 12.1 Å². The second-order valence-corrected chi connectivity index (χ2v) is 4.47. The molecule has 19 heavy (non-hydrogen) atoms. The van der Waals surface area contributed by atoms with Crippen LogP contribution < -0.4 is 9.47 Å². The van der Waals surface area contributed by atoms with Crippen LogP contribution in [0.4, 0.5) is 0 Å². The van der Waals surface area contributed by atoms with E-state index in [4.69, 9.17) is 26.3 Å². The summed E-state index contributed by atoms with van der Waals surface area (Å²) in [5.41, 5.74) is 0.664. The molecule has 0 spiro atoms. The first-order chi connectivity index (χ1) is 9.22. The van der Waals surface area contributed by atoms with Gasteiger partial charge < -0.3 is 14.7 Å². The summed E-state index contributed by atoms with van der Waals surface area (Å²) in [5.74, 6) is 1.12. The Bertz CT molecular complexity index is 421. The Labute approximate surface area is 119 Å². The van der Waals surface area contributed by atoms with E-state index in [0.29, 0.717) is 35.3 Å². The number of benzene rings is 1. The zero-order chi connectivity index (χ0) is 14.1. The highest BCUT2D eigenvalue weighted by Gasteiger charge is 2.12. The molecule has 0 fully saturated rings. The van der Waals surface area contributed by atoms with Gasteiger partial charge in [0.15, 0.2) is 11.5 Å². The largest absolute Gasteiger partial charge is 0.490 e. The van der Waals surface area contributed by atoms with Gasteiger partial charge in [-0.25, -0.2) is 0 Å². The van der Waals surface area contributed by atoms with Gasteiger partial charge in [-0.05, 0) is 25.5 Å². The molecule has 0 aromatic heterocycles. The lowest BCUT2D eigenvalue weighted by Crippen LogP contribution is -2.02. The first-order valence-electron chi connectivity index (χ1n) is 6.49. The minimum Gasteiger partial charge on any atom is -0.490 e. The van der Waals surface area contributed by atoms with E-state index < -0.39 is 0 Å². The van der Waals surface area contributed by atoms with Gasteiger partial charge in [-0.15, -0.1) is 0 Å². The molecule has 0 amide bonds. The van der Waals surface area contributed by atoms with Crippen molar-refractivity contribution in [3.05, 3.63) is 22.7 Å². The average molecular weight is 286 g/mol. The third-order valence-corrected chi connectivity index (χ3v) is 2.81. The molecular formula is C14H20ClNO3. The van der Waals surface area contributed by atoms with Gasteiger partial charge in [0.05, 0.1) is 24.5 Å². The number of rotatable bonds is 8. The minimum absolute atomic E-state index is 0.456. The Morgan fingerprint density at radius 1 is 1.26 bits per heavy atom. The van der Waals surface area contributed by atoms with Crippen LogP contribution in [0.5, 0.6) is 11.5 Å². The highest BCUT2D eigenvalue weighted by Crippen LogP contribution is 2.36. The molecule has 0 saturated heterocycles. The second-order valence-electron chi connectivity index (χ2n) is 4.06. The van der Waals surface area contributed by atoms with Crippen LogP contribution in [-0.4, -0.2) is 24.6 Å². The Morgan fingerprint density at radius 3 is 2.68 bits per heavy atom. The van der Waals surface area contributed by atoms with Crippen molar-refractivity contribution in [2.45, 2.75) is 33.1 Å². The summed E-state index contributed by atoms with van der Waals surface area (Å²) in [6.07, 6.45) is 4.55. The van der Waals surface area contributed by atoms with Gasteiger partial charge in [0.25, 0.3) is 0 Å². The highest BCUT2D eigenvalue weighted by molar-refractivity contribution is 6.32. The zero-order valence-electron chi connectivity index (χ0n) is 11.4. The average Bonchev–Trinajstić information content (AvgIpc) is 2.38. The van der Waals surface area contributed by atoms with Crippen molar-refractivity contribution in [3.8, 4) is 11.5 Å². The van der Waals surface area contributed by atoms with Gasteiger partial charge >= 0.3 is 0 Å². The number of oxime groups is 1. The highest BCUT2D eigenvalue weighted by atomic mass is 35.5. The summed E-state index contributed by atoms with van der Waals surface area (Å²) < 4.78 is 11.2. The van der Waals surface area contributed by atoms with Crippen molar-refractivity contribution in [1.29, 1.82) is 0 Å². The third-order valence-electron chi connectivity index (χ3n) is 2.53. The molecule has 0 atom stereocenters. The van der Waals surface area contributed by atoms with Crippen LogP contribution in [0.3, 0.4) is 0 Å². The fourth-order valence-electron chi connectivity index (χ4n) is 1.66. The molecule has 0 bridgehead atoms. The van der Waals surface area contributed by atoms with Crippen molar-refractivity contribution in [2.75, 3.05) is 13.2 Å². The van der Waals surface area contributed by atoms with Gasteiger partial charge in [-0.1, -0.05) is 36.5 Å². The molecular weight excluding hydrogens is 266 g/mol. The van der Waals surface area contributed by atoms with Crippen molar-refractivity contribution in [3.63, 3.8) is 0 Å². The van der Waals surface area contributed by atoms with E-state index in [2.05, 4.69) is 12.1 Å². The van der Waals surface area contributed by atoms with Crippen molar-refractivity contribution >= 4 is 17.8 Å². The zero-order valence-corrected chi connectivity index (χ0v) is 12.1. The fourth-order valence-corrected chi connectivity index (χ4v) is 1.93. The van der Waals surface area contributed by atoms with Gasteiger partial charge in [0, 0.05) is 5.56 Å². The fraction of sp³-hybridized carbons (Fsp3) is 0.500. The maximum absolute atomic E-state index is 8.56. The standard InChI is InChI=1S/C14H20ClNO3/c1-3-5-6-7-19-14-12(15)8-11(10-16-17)9-13(14)18-4-2/h8-10,17H,3-7H2,1-2H3. The van der Waals surface area contributed by atoms with E-state index in [1.807, 2.05) is 6.92 Å². The molecule has 0 radical (unpaired) electrons. The quantitative estimate of drug-likeness (QED) is 0.338. The van der Waals surface area contributed by atoms with Crippen LogP contribution in [0.25, 0.3) is 0 Å². The van der Waals surface area contributed by atoms with Crippen molar-refractivity contribution in [1.82, 2.24) is 0 Å². The molecule has 0 aliphatic carbocycles. The van der Waals surface area contributed by atoms with E-state index >= 15 is 0 Å². The molecule has 0 heterocycles. The number of ether oxygens (including phenoxy) is 2. The molecule has 1 aromatic rings. The Balaban J connectivity index is 2.87. The number of hydrogen-bond acceptors (Lipinski definition) is 4. The van der Waals surface area contributed by atoms with Crippen LogP contribution >= 0.6 is 11.6 Å². The number of halogens is 1. The van der Waals surface area contributed by atoms with Crippen LogP contribution in [0.15, 0.2) is 17.3 Å². The first kappa shape index (κ1) is 15.6. The maximum Gasteiger partial charge on any atom is 0.179 e. The van der Waals surface area contributed by atoms with Crippen LogP contribution in [0.1, 0.15) is 38.7 Å². The molecule has 1 rings (SSSR count). The minimum atomic E-state index is 0.456. The smallest absolute Gasteiger partial charge is 0.179 e. The van der Waals surface area contributed by atoms with Crippen molar-refractivity contribution < 1.29 is 14.7 Å². The first-order valence-corrected chi connectivity index (χ1v) is 6.87. The summed E-state index contributed by atoms with van der Waals surface area (Å²) >= 11 is 6.17. The summed E-state index contributed by atoms with van der Waals surface area (Å²) in [7, 11) is 0. The van der Waals surface area contributed by atoms with Gasteiger partial charge in [-0.3, -0.25) is 0 Å². The lowest BCUT2D eigenvalue weighted by Gasteiger charge is -2.14. The summed E-state index contributed by atoms with van der Waals surface area (Å²) in [6, 6.07) is 3.42. The lowest BCUT2D eigenvalue weighted by molar-refractivity contribution is 0.271. The molecule has 5 heteroatoms. The van der Waals surface area contributed by atoms with Crippen LogP contribution in [-0.2, 0) is 0 Å². The lowest BCUT2D eigenvalue weighted by atomic mass is 10.2. The Hall–Kier alpha value is -1.42. The van der Waals surface area contributed by atoms with Crippen LogP contribution in [0, 0.1) is 0 Å². The van der Waals surface area contributed by atoms with Gasteiger partial charge in [0.2, 0.25) is 0 Å². The molecule has 0 saturated carbocycles. The second kappa shape index (κ2) is 8.64. The molecule has 4 nitrogen and oxygen atoms in total. The van der Waals surface area contributed by atoms with Crippen molar-refractivity contribution in [2.24, 2.45) is 5.16 Å². The summed E-state index contributed by atoms with van der Waals surface area (Å²) in [6.45, 7) is 5.16. The summed E-state index contributed by atoms with van der Waals surface area (Å²) in [4.78, 5) is 0. The normalized spacial score (nSPS) is 10.9. The monoisotopic (exact) mass is 285 g/mol. The number of nitrogens with zero attached hydrogens (tertiary/aromatic N) is 1. The van der Waals surface area contributed by atoms with E-state index in [9.17, 15) is 0 Å². The molecule has 0 aliphatic rings. The molecule has 1 N–H and O–H groups in total. The Kier molecular flexibility index (Phi) is 7.11. The van der Waals surface area contributed by atoms with Crippen LogP contribution in [0.2, 0.25) is 5.02 Å². The van der Waals surface area contributed by atoms with Gasteiger partial charge in [-0.2, -0.15) is 0 Å². The maximum atomic E-state index is 8.56. The predicted octanol–water partition coefficient (Wildman–Crippen LogP) is 4.12. The number of hydrogen-bond donors (Lipinski definition) is 1. The third kappa shape index (κ3) is 4.99. The molecule has 0 unspecified atom stereocenters. The van der Waals surface area contributed by atoms with E-state index in [1.165, 1.54) is 6.21 Å².